The third-order valence-electron chi connectivity index (χ3n) is 8.31. The zero-order valence-electron chi connectivity index (χ0n) is 25.3. The monoisotopic (exact) mass is 535 g/mol. The average molecular weight is 536 g/mol. The van der Waals surface area contributed by atoms with Crippen LogP contribution < -0.4 is 0 Å². The molecule has 3 rings (SSSR count). The van der Waals surface area contributed by atoms with E-state index in [-0.39, 0.29) is 6.29 Å². The van der Waals surface area contributed by atoms with E-state index < -0.39 is 0 Å². The molecule has 3 heteroatoms. The molecule has 1 fully saturated rings. The molecule has 39 heavy (non-hydrogen) atoms. The maximum atomic E-state index is 6.06. The van der Waals surface area contributed by atoms with Gasteiger partial charge in [-0.2, -0.15) is 0 Å². The Morgan fingerprint density at radius 1 is 0.590 bits per heavy atom. The summed E-state index contributed by atoms with van der Waals surface area (Å²) in [5.74, 6) is 0.573. The third kappa shape index (κ3) is 13.5. The molecule has 1 aliphatic rings. The molecule has 2 aromatic rings. The summed E-state index contributed by atoms with van der Waals surface area (Å²) < 4.78 is 12.1. The Labute approximate surface area is 240 Å². The van der Waals surface area contributed by atoms with Gasteiger partial charge in [-0.25, -0.2) is 0 Å². The molecule has 1 aliphatic heterocycles. The normalized spacial score (nSPS) is 17.5. The van der Waals surface area contributed by atoms with Crippen molar-refractivity contribution in [1.82, 2.24) is 4.98 Å². The van der Waals surface area contributed by atoms with Gasteiger partial charge in [-0.15, -0.1) is 0 Å². The van der Waals surface area contributed by atoms with E-state index in [1.807, 2.05) is 6.20 Å². The van der Waals surface area contributed by atoms with Gasteiger partial charge in [-0.3, -0.25) is 4.98 Å². The molecule has 0 saturated carbocycles. The number of unbranched alkanes of at least 4 members (excludes halogenated alkanes) is 13. The zero-order valence-corrected chi connectivity index (χ0v) is 25.3. The maximum Gasteiger partial charge on any atom is 0.157 e. The summed E-state index contributed by atoms with van der Waals surface area (Å²) in [6.45, 7) is 6.27. The van der Waals surface area contributed by atoms with E-state index in [9.17, 15) is 0 Å². The Morgan fingerprint density at radius 3 is 1.74 bits per heavy atom. The minimum atomic E-state index is -0.0665. The molecule has 0 N–H and O–H groups in total. The van der Waals surface area contributed by atoms with Crippen molar-refractivity contribution in [3.8, 4) is 11.3 Å². The number of hydrogen-bond acceptors (Lipinski definition) is 3. The Bertz CT molecular complexity index is 839. The van der Waals surface area contributed by atoms with Crippen molar-refractivity contribution >= 4 is 0 Å². The van der Waals surface area contributed by atoms with Crippen LogP contribution in [-0.2, 0) is 22.3 Å². The number of benzene rings is 1. The first kappa shape index (κ1) is 31.8. The molecule has 3 nitrogen and oxygen atoms in total. The first-order valence-corrected chi connectivity index (χ1v) is 16.6. The molecule has 2 heterocycles. The third-order valence-corrected chi connectivity index (χ3v) is 8.31. The van der Waals surface area contributed by atoms with Crippen LogP contribution in [-0.4, -0.2) is 24.5 Å². The van der Waals surface area contributed by atoms with Crippen molar-refractivity contribution in [1.29, 1.82) is 0 Å². The molecule has 1 saturated heterocycles. The van der Waals surface area contributed by atoms with Crippen molar-refractivity contribution in [3.05, 3.63) is 53.7 Å². The maximum absolute atomic E-state index is 6.06. The van der Waals surface area contributed by atoms with E-state index in [4.69, 9.17) is 14.5 Å². The second-order valence-electron chi connectivity index (χ2n) is 11.9. The van der Waals surface area contributed by atoms with Gasteiger partial charge in [-0.05, 0) is 42.9 Å². The number of pyridine rings is 1. The van der Waals surface area contributed by atoms with Gasteiger partial charge in [0.2, 0.25) is 0 Å². The molecule has 1 aromatic carbocycles. The van der Waals surface area contributed by atoms with E-state index in [1.165, 1.54) is 126 Å². The number of nitrogens with zero attached hydrogens (tertiary/aromatic N) is 1. The second kappa shape index (κ2) is 20.2. The van der Waals surface area contributed by atoms with Crippen LogP contribution in [0.4, 0.5) is 0 Å². The molecular formula is C36H57NO2. The fourth-order valence-electron chi connectivity index (χ4n) is 5.64. The topological polar surface area (TPSA) is 31.4 Å². The summed E-state index contributed by atoms with van der Waals surface area (Å²) in [5.41, 5.74) is 4.93. The highest BCUT2D eigenvalue weighted by atomic mass is 16.7. The first-order valence-electron chi connectivity index (χ1n) is 16.6. The van der Waals surface area contributed by atoms with Crippen LogP contribution in [0.3, 0.4) is 0 Å². The fourth-order valence-corrected chi connectivity index (χ4v) is 5.64. The summed E-state index contributed by atoms with van der Waals surface area (Å²) in [6.07, 6.45) is 26.8. The Morgan fingerprint density at radius 2 is 1.15 bits per heavy atom. The lowest BCUT2D eigenvalue weighted by molar-refractivity contribution is -0.203. The van der Waals surface area contributed by atoms with Gasteiger partial charge in [-0.1, -0.05) is 134 Å². The van der Waals surface area contributed by atoms with Crippen LogP contribution in [0.5, 0.6) is 0 Å². The van der Waals surface area contributed by atoms with Crippen molar-refractivity contribution in [2.45, 2.75) is 142 Å². The van der Waals surface area contributed by atoms with Crippen LogP contribution in [0.25, 0.3) is 11.3 Å². The van der Waals surface area contributed by atoms with Gasteiger partial charge in [0.1, 0.15) is 0 Å². The van der Waals surface area contributed by atoms with Crippen molar-refractivity contribution in [2.24, 2.45) is 5.92 Å². The smallest absolute Gasteiger partial charge is 0.157 e. The molecule has 0 radical (unpaired) electrons. The van der Waals surface area contributed by atoms with Crippen molar-refractivity contribution < 1.29 is 9.47 Å². The Kier molecular flexibility index (Phi) is 16.5. The molecule has 0 amide bonds. The van der Waals surface area contributed by atoms with Gasteiger partial charge >= 0.3 is 0 Å². The molecular weight excluding hydrogens is 478 g/mol. The second-order valence-corrected chi connectivity index (χ2v) is 11.9. The Hall–Kier alpha value is -1.71. The number of aromatic nitrogens is 1. The predicted octanol–water partition coefficient (Wildman–Crippen LogP) is 10.5. The number of hydrogen-bond donors (Lipinski definition) is 0. The lowest BCUT2D eigenvalue weighted by Crippen LogP contribution is -2.32. The molecule has 0 bridgehead atoms. The fraction of sp³-hybridized carbons (Fsp3) is 0.694. The van der Waals surface area contributed by atoms with Gasteiger partial charge < -0.3 is 9.47 Å². The molecule has 0 unspecified atom stereocenters. The molecule has 0 atom stereocenters. The van der Waals surface area contributed by atoms with Crippen LogP contribution in [0, 0.1) is 5.92 Å². The summed E-state index contributed by atoms with van der Waals surface area (Å²) in [5, 5.41) is 0. The van der Waals surface area contributed by atoms with Crippen molar-refractivity contribution in [3.63, 3.8) is 0 Å². The van der Waals surface area contributed by atoms with E-state index in [2.05, 4.69) is 50.2 Å². The van der Waals surface area contributed by atoms with Gasteiger partial charge in [0.05, 0.1) is 18.9 Å². The van der Waals surface area contributed by atoms with Gasteiger partial charge in [0, 0.05) is 24.1 Å². The standard InChI is InChI=1S/C36H57NO2/c1-3-5-7-9-10-11-12-13-15-17-19-33-29-38-36(39-30-33)27-23-32-22-26-35(37-28-32)34-24-20-31(21-25-34)18-16-14-8-6-4-2/h20-22,24-26,28,33,36H,3-19,23,27,29-30H2,1-2H3/t33-,36-. The number of ether oxygens (including phenoxy) is 2. The molecule has 218 valence electrons. The van der Waals surface area contributed by atoms with Gasteiger partial charge in [0.15, 0.2) is 6.29 Å². The minimum absolute atomic E-state index is 0.0665. The summed E-state index contributed by atoms with van der Waals surface area (Å²) in [7, 11) is 0. The van der Waals surface area contributed by atoms with E-state index in [0.29, 0.717) is 5.92 Å². The largest absolute Gasteiger partial charge is 0.352 e. The minimum Gasteiger partial charge on any atom is -0.352 e. The van der Waals surface area contributed by atoms with Crippen molar-refractivity contribution in [2.75, 3.05) is 13.2 Å². The highest BCUT2D eigenvalue weighted by molar-refractivity contribution is 5.59. The SMILES string of the molecule is CCCCCCCCCCCC[C@H]1CO[C@H](CCc2ccc(-c3ccc(CCCCCCC)cc3)nc2)OC1. The summed E-state index contributed by atoms with van der Waals surface area (Å²) >= 11 is 0. The van der Waals surface area contributed by atoms with Crippen LogP contribution in [0.2, 0.25) is 0 Å². The summed E-state index contributed by atoms with van der Waals surface area (Å²) in [6, 6.07) is 13.3. The number of rotatable bonds is 21. The zero-order chi connectivity index (χ0) is 27.4. The van der Waals surface area contributed by atoms with Gasteiger partial charge in [0.25, 0.3) is 0 Å². The van der Waals surface area contributed by atoms with E-state index in [1.54, 1.807) is 0 Å². The molecule has 0 aliphatic carbocycles. The summed E-state index contributed by atoms with van der Waals surface area (Å²) in [4.78, 5) is 4.75. The quantitative estimate of drug-likeness (QED) is 0.149. The predicted molar refractivity (Wildman–Crippen MR) is 166 cm³/mol. The highest BCUT2D eigenvalue weighted by Gasteiger charge is 2.21. The average Bonchev–Trinajstić information content (AvgIpc) is 2.98. The molecule has 1 aromatic heterocycles. The highest BCUT2D eigenvalue weighted by Crippen LogP contribution is 2.23. The van der Waals surface area contributed by atoms with E-state index >= 15 is 0 Å². The lowest BCUT2D eigenvalue weighted by atomic mass is 10.0. The van der Waals surface area contributed by atoms with E-state index in [0.717, 1.165) is 31.7 Å². The van der Waals surface area contributed by atoms with Crippen LogP contribution in [0.1, 0.15) is 134 Å². The first-order chi connectivity index (χ1) is 19.3. The molecule has 0 spiro atoms. The van der Waals surface area contributed by atoms with Crippen LogP contribution >= 0.6 is 0 Å². The lowest BCUT2D eigenvalue weighted by Gasteiger charge is -2.29. The number of aryl methyl sites for hydroxylation is 2. The van der Waals surface area contributed by atoms with Crippen LogP contribution in [0.15, 0.2) is 42.6 Å². The Balaban J connectivity index is 1.23.